The first kappa shape index (κ1) is 17.2. The predicted octanol–water partition coefficient (Wildman–Crippen LogP) is 3.06. The zero-order chi connectivity index (χ0) is 14.9. The van der Waals surface area contributed by atoms with Crippen LogP contribution in [-0.4, -0.2) is 42.9 Å². The SMILES string of the molecule is Cl.O=C(c1ccc(C2CCNCC2)cc1)N1CCC(F)(F)C1. The molecule has 0 bridgehead atoms. The molecule has 1 aromatic rings. The number of carbonyl (C=O) groups is 1. The average molecular weight is 331 g/mol. The van der Waals surface area contributed by atoms with Crippen LogP contribution < -0.4 is 5.32 Å². The third-order valence-corrected chi connectivity index (χ3v) is 4.43. The van der Waals surface area contributed by atoms with Gasteiger partial charge in [0.05, 0.1) is 6.54 Å². The number of hydrogen-bond donors (Lipinski definition) is 1. The van der Waals surface area contributed by atoms with Crippen LogP contribution in [0.4, 0.5) is 8.78 Å². The van der Waals surface area contributed by atoms with E-state index in [0.29, 0.717) is 11.5 Å². The van der Waals surface area contributed by atoms with Gasteiger partial charge in [0.1, 0.15) is 0 Å². The fourth-order valence-electron chi connectivity index (χ4n) is 3.14. The Kier molecular flexibility index (Phi) is 5.40. The van der Waals surface area contributed by atoms with Gasteiger partial charge >= 0.3 is 0 Å². The van der Waals surface area contributed by atoms with Crippen molar-refractivity contribution in [3.63, 3.8) is 0 Å². The number of piperidine rings is 1. The normalized spacial score (nSPS) is 21.5. The topological polar surface area (TPSA) is 32.3 Å². The Balaban J connectivity index is 0.00000176. The highest BCUT2D eigenvalue weighted by molar-refractivity contribution is 5.94. The zero-order valence-electron chi connectivity index (χ0n) is 12.4. The maximum absolute atomic E-state index is 13.2. The van der Waals surface area contributed by atoms with Crippen LogP contribution in [0.2, 0.25) is 0 Å². The summed E-state index contributed by atoms with van der Waals surface area (Å²) in [5, 5.41) is 3.33. The molecule has 122 valence electrons. The molecule has 6 heteroatoms. The first-order valence-corrected chi connectivity index (χ1v) is 7.53. The Bertz CT molecular complexity index is 515. The van der Waals surface area contributed by atoms with Crippen molar-refractivity contribution in [2.24, 2.45) is 0 Å². The van der Waals surface area contributed by atoms with Gasteiger partial charge in [0.2, 0.25) is 0 Å². The highest BCUT2D eigenvalue weighted by Gasteiger charge is 2.40. The lowest BCUT2D eigenvalue weighted by Gasteiger charge is -2.23. The minimum atomic E-state index is -2.73. The summed E-state index contributed by atoms with van der Waals surface area (Å²) in [7, 11) is 0. The van der Waals surface area contributed by atoms with E-state index in [1.807, 2.05) is 12.1 Å². The summed E-state index contributed by atoms with van der Waals surface area (Å²) in [6.07, 6.45) is 1.98. The Morgan fingerprint density at radius 2 is 1.82 bits per heavy atom. The molecule has 3 rings (SSSR count). The lowest BCUT2D eigenvalue weighted by molar-refractivity contribution is 0.0120. The van der Waals surface area contributed by atoms with Crippen molar-refractivity contribution in [1.82, 2.24) is 10.2 Å². The van der Waals surface area contributed by atoms with Gasteiger partial charge in [0, 0.05) is 18.5 Å². The third-order valence-electron chi connectivity index (χ3n) is 4.43. The second-order valence-electron chi connectivity index (χ2n) is 5.98. The van der Waals surface area contributed by atoms with Gasteiger partial charge in [-0.2, -0.15) is 0 Å². The molecule has 2 saturated heterocycles. The van der Waals surface area contributed by atoms with E-state index in [1.54, 1.807) is 12.1 Å². The number of nitrogens with zero attached hydrogens (tertiary/aromatic N) is 1. The molecule has 2 aliphatic rings. The van der Waals surface area contributed by atoms with Gasteiger partial charge < -0.3 is 10.2 Å². The second kappa shape index (κ2) is 6.92. The zero-order valence-corrected chi connectivity index (χ0v) is 13.2. The average Bonchev–Trinajstić information content (AvgIpc) is 2.88. The van der Waals surface area contributed by atoms with Gasteiger partial charge in [-0.1, -0.05) is 12.1 Å². The number of rotatable bonds is 2. The molecule has 0 saturated carbocycles. The number of halogens is 3. The number of benzene rings is 1. The molecule has 2 fully saturated rings. The molecule has 1 amide bonds. The summed E-state index contributed by atoms with van der Waals surface area (Å²) in [4.78, 5) is 13.5. The molecule has 1 aromatic carbocycles. The summed E-state index contributed by atoms with van der Waals surface area (Å²) in [6, 6.07) is 7.49. The fourth-order valence-corrected chi connectivity index (χ4v) is 3.14. The van der Waals surface area contributed by atoms with Gasteiger partial charge in [-0.25, -0.2) is 8.78 Å². The summed E-state index contributed by atoms with van der Waals surface area (Å²) < 4.78 is 26.4. The fraction of sp³-hybridized carbons (Fsp3) is 0.562. The molecule has 0 unspecified atom stereocenters. The molecule has 0 atom stereocenters. The van der Waals surface area contributed by atoms with Crippen molar-refractivity contribution in [1.29, 1.82) is 0 Å². The molecule has 1 N–H and O–H groups in total. The number of nitrogens with one attached hydrogen (secondary N) is 1. The Morgan fingerprint density at radius 3 is 2.36 bits per heavy atom. The second-order valence-corrected chi connectivity index (χ2v) is 5.98. The van der Waals surface area contributed by atoms with Crippen molar-refractivity contribution in [2.75, 3.05) is 26.2 Å². The van der Waals surface area contributed by atoms with Crippen molar-refractivity contribution in [2.45, 2.75) is 31.1 Å². The van der Waals surface area contributed by atoms with Crippen LogP contribution in [0.15, 0.2) is 24.3 Å². The lowest BCUT2D eigenvalue weighted by Crippen LogP contribution is -2.31. The van der Waals surface area contributed by atoms with Gasteiger partial charge in [0.15, 0.2) is 0 Å². The molecule has 0 aromatic heterocycles. The minimum absolute atomic E-state index is 0. The van der Waals surface area contributed by atoms with Gasteiger partial charge in [0.25, 0.3) is 11.8 Å². The van der Waals surface area contributed by atoms with E-state index in [4.69, 9.17) is 0 Å². The van der Waals surface area contributed by atoms with Crippen molar-refractivity contribution in [3.8, 4) is 0 Å². The van der Waals surface area contributed by atoms with Crippen LogP contribution in [0.1, 0.15) is 41.1 Å². The molecule has 0 spiro atoms. The predicted molar refractivity (Wildman–Crippen MR) is 84.0 cm³/mol. The smallest absolute Gasteiger partial charge is 0.267 e. The third kappa shape index (κ3) is 3.76. The number of alkyl halides is 2. The van der Waals surface area contributed by atoms with Crippen molar-refractivity contribution >= 4 is 18.3 Å². The van der Waals surface area contributed by atoms with Crippen LogP contribution >= 0.6 is 12.4 Å². The maximum atomic E-state index is 13.2. The number of likely N-dealkylation sites (tertiary alicyclic amines) is 1. The first-order chi connectivity index (χ1) is 10.1. The molecular formula is C16H21ClF2N2O. The van der Waals surface area contributed by atoms with E-state index in [-0.39, 0.29) is 31.3 Å². The van der Waals surface area contributed by atoms with Gasteiger partial charge in [-0.05, 0) is 49.5 Å². The maximum Gasteiger partial charge on any atom is 0.267 e. The van der Waals surface area contributed by atoms with E-state index in [9.17, 15) is 13.6 Å². The minimum Gasteiger partial charge on any atom is -0.332 e. The van der Waals surface area contributed by atoms with Crippen LogP contribution in [-0.2, 0) is 0 Å². The highest BCUT2D eigenvalue weighted by atomic mass is 35.5. The van der Waals surface area contributed by atoms with Crippen molar-refractivity contribution in [3.05, 3.63) is 35.4 Å². The van der Waals surface area contributed by atoms with Crippen LogP contribution in [0.5, 0.6) is 0 Å². The lowest BCUT2D eigenvalue weighted by atomic mass is 9.90. The Morgan fingerprint density at radius 1 is 1.18 bits per heavy atom. The van der Waals surface area contributed by atoms with Crippen LogP contribution in [0.3, 0.4) is 0 Å². The monoisotopic (exact) mass is 330 g/mol. The molecular weight excluding hydrogens is 310 g/mol. The summed E-state index contributed by atoms with van der Waals surface area (Å²) in [5.74, 6) is -2.49. The molecule has 3 nitrogen and oxygen atoms in total. The standard InChI is InChI=1S/C16H20F2N2O.ClH/c17-16(18)7-10-20(11-16)15(21)14-3-1-12(2-4-14)13-5-8-19-9-6-13;/h1-4,13,19H,5-11H2;1H. The van der Waals surface area contributed by atoms with E-state index in [2.05, 4.69) is 5.32 Å². The Hall–Kier alpha value is -1.20. The van der Waals surface area contributed by atoms with Crippen molar-refractivity contribution < 1.29 is 13.6 Å². The largest absolute Gasteiger partial charge is 0.332 e. The van der Waals surface area contributed by atoms with E-state index < -0.39 is 12.5 Å². The van der Waals surface area contributed by atoms with E-state index in [0.717, 1.165) is 25.9 Å². The van der Waals surface area contributed by atoms with E-state index >= 15 is 0 Å². The quantitative estimate of drug-likeness (QED) is 0.904. The Labute approximate surface area is 135 Å². The molecule has 0 aliphatic carbocycles. The number of carbonyl (C=O) groups excluding carboxylic acids is 1. The first-order valence-electron chi connectivity index (χ1n) is 7.53. The summed E-state index contributed by atoms with van der Waals surface area (Å²) >= 11 is 0. The number of hydrogen-bond acceptors (Lipinski definition) is 2. The highest BCUT2D eigenvalue weighted by Crippen LogP contribution is 2.29. The number of amides is 1. The van der Waals surface area contributed by atoms with Crippen LogP contribution in [0, 0.1) is 0 Å². The van der Waals surface area contributed by atoms with E-state index in [1.165, 1.54) is 10.5 Å². The van der Waals surface area contributed by atoms with Gasteiger partial charge in [-0.15, -0.1) is 12.4 Å². The summed E-state index contributed by atoms with van der Waals surface area (Å²) in [6.45, 7) is 1.73. The van der Waals surface area contributed by atoms with Gasteiger partial charge in [-0.3, -0.25) is 4.79 Å². The molecule has 2 heterocycles. The molecule has 22 heavy (non-hydrogen) atoms. The molecule has 2 aliphatic heterocycles. The molecule has 0 radical (unpaired) electrons. The van der Waals surface area contributed by atoms with Crippen LogP contribution in [0.25, 0.3) is 0 Å². The summed E-state index contributed by atoms with van der Waals surface area (Å²) in [5.41, 5.74) is 1.74.